The Morgan fingerprint density at radius 1 is 0.909 bits per heavy atom. The molecule has 3 heteroatoms. The van der Waals surface area contributed by atoms with Crippen LogP contribution in [0.3, 0.4) is 0 Å². The summed E-state index contributed by atoms with van der Waals surface area (Å²) in [6.45, 7) is 4.63. The van der Waals surface area contributed by atoms with Crippen LogP contribution in [0.2, 0.25) is 0 Å². The molecule has 4 aliphatic rings. The van der Waals surface area contributed by atoms with Crippen molar-refractivity contribution >= 4 is 11.6 Å². The first kappa shape index (κ1) is 14.9. The molecule has 4 fully saturated rings. The number of rotatable bonds is 0. The Labute approximate surface area is 133 Å². The standard InChI is InChI=1S/C19H29NO2/c1-18-10-8-15(21)17(20)14(18)4-3-11-12-5-6-16(22)19(12,2)9-7-13(11)18/h11-14,17H,3-10,20H2,1-2H3/t11-,12-,13+,14?,17?,18+,19-/m0/s1. The number of fused-ring (bicyclic) bond motifs is 5. The van der Waals surface area contributed by atoms with Gasteiger partial charge in [-0.05, 0) is 67.6 Å². The zero-order valence-corrected chi connectivity index (χ0v) is 13.9. The fourth-order valence-corrected chi connectivity index (χ4v) is 7.00. The lowest BCUT2D eigenvalue weighted by atomic mass is 9.44. The molecule has 0 spiro atoms. The molecule has 0 aromatic heterocycles. The lowest BCUT2D eigenvalue weighted by Crippen LogP contribution is -2.59. The van der Waals surface area contributed by atoms with Crippen LogP contribution in [0.1, 0.15) is 65.2 Å². The number of carbonyl (C=O) groups is 2. The number of hydrogen-bond acceptors (Lipinski definition) is 3. The van der Waals surface area contributed by atoms with Gasteiger partial charge in [-0.3, -0.25) is 9.59 Å². The van der Waals surface area contributed by atoms with Crippen molar-refractivity contribution in [1.29, 1.82) is 0 Å². The summed E-state index contributed by atoms with van der Waals surface area (Å²) in [6, 6.07) is -0.238. The molecule has 0 heterocycles. The van der Waals surface area contributed by atoms with Crippen molar-refractivity contribution in [1.82, 2.24) is 0 Å². The molecule has 0 aliphatic heterocycles. The second kappa shape index (κ2) is 4.66. The molecular formula is C19H29NO2. The first-order chi connectivity index (χ1) is 10.4. The lowest BCUT2D eigenvalue weighted by Gasteiger charge is -2.60. The summed E-state index contributed by atoms with van der Waals surface area (Å²) in [5.74, 6) is 3.11. The molecule has 0 aromatic carbocycles. The smallest absolute Gasteiger partial charge is 0.149 e. The molecule has 2 N–H and O–H groups in total. The Bertz CT molecular complexity index is 530. The number of carbonyl (C=O) groups excluding carboxylic acids is 2. The van der Waals surface area contributed by atoms with Crippen molar-refractivity contribution in [2.75, 3.05) is 0 Å². The van der Waals surface area contributed by atoms with Crippen LogP contribution in [0, 0.1) is 34.5 Å². The van der Waals surface area contributed by atoms with Crippen molar-refractivity contribution in [3.63, 3.8) is 0 Å². The monoisotopic (exact) mass is 303 g/mol. The second-order valence-corrected chi connectivity index (χ2v) is 8.98. The van der Waals surface area contributed by atoms with Gasteiger partial charge in [-0.1, -0.05) is 13.8 Å². The van der Waals surface area contributed by atoms with Crippen LogP contribution in [0.15, 0.2) is 0 Å². The van der Waals surface area contributed by atoms with Crippen LogP contribution in [0.4, 0.5) is 0 Å². The van der Waals surface area contributed by atoms with Crippen LogP contribution < -0.4 is 5.73 Å². The third kappa shape index (κ3) is 1.72. The average molecular weight is 303 g/mol. The van der Waals surface area contributed by atoms with E-state index in [-0.39, 0.29) is 22.7 Å². The van der Waals surface area contributed by atoms with Crippen LogP contribution in [-0.2, 0) is 9.59 Å². The summed E-state index contributed by atoms with van der Waals surface area (Å²) in [5, 5.41) is 0. The SMILES string of the molecule is C[C@]12CCC(=O)C(N)C1CC[C@@H]1[C@H]2CC[C@]2(C)C(=O)CC[C@@H]12. The molecule has 4 saturated carbocycles. The third-order valence-corrected chi connectivity index (χ3v) is 8.37. The predicted molar refractivity (Wildman–Crippen MR) is 85.1 cm³/mol. The maximum Gasteiger partial charge on any atom is 0.149 e. The summed E-state index contributed by atoms with van der Waals surface area (Å²) in [5.41, 5.74) is 6.47. The molecule has 0 amide bonds. The van der Waals surface area contributed by atoms with Crippen molar-refractivity contribution in [3.8, 4) is 0 Å². The van der Waals surface area contributed by atoms with Crippen molar-refractivity contribution in [2.24, 2.45) is 40.2 Å². The lowest BCUT2D eigenvalue weighted by molar-refractivity contribution is -0.146. The third-order valence-electron chi connectivity index (χ3n) is 8.37. The number of ketones is 2. The van der Waals surface area contributed by atoms with E-state index in [9.17, 15) is 9.59 Å². The van der Waals surface area contributed by atoms with Crippen LogP contribution in [-0.4, -0.2) is 17.6 Å². The normalized spacial score (nSPS) is 54.6. The summed E-state index contributed by atoms with van der Waals surface area (Å²) in [7, 11) is 0. The molecule has 4 rings (SSSR count). The quantitative estimate of drug-likeness (QED) is 0.748. The Morgan fingerprint density at radius 3 is 2.45 bits per heavy atom. The summed E-state index contributed by atoms with van der Waals surface area (Å²) < 4.78 is 0. The minimum atomic E-state index is -0.238. The van der Waals surface area contributed by atoms with Gasteiger partial charge in [-0.15, -0.1) is 0 Å². The van der Waals surface area contributed by atoms with Crippen LogP contribution >= 0.6 is 0 Å². The first-order valence-corrected chi connectivity index (χ1v) is 9.19. The fourth-order valence-electron chi connectivity index (χ4n) is 7.00. The second-order valence-electron chi connectivity index (χ2n) is 8.98. The molecule has 7 atom stereocenters. The molecule has 3 nitrogen and oxygen atoms in total. The highest BCUT2D eigenvalue weighted by Gasteiger charge is 2.61. The van der Waals surface area contributed by atoms with E-state index < -0.39 is 0 Å². The molecule has 0 bridgehead atoms. The van der Waals surface area contributed by atoms with E-state index in [1.54, 1.807) is 0 Å². The van der Waals surface area contributed by atoms with E-state index in [0.717, 1.165) is 38.5 Å². The molecule has 4 aliphatic carbocycles. The number of Topliss-reactive ketones (excluding diaryl/α,β-unsaturated/α-hetero) is 2. The summed E-state index contributed by atoms with van der Waals surface area (Å²) in [6.07, 6.45) is 8.07. The van der Waals surface area contributed by atoms with Gasteiger partial charge >= 0.3 is 0 Å². The number of hydrogen-bond donors (Lipinski definition) is 1. The van der Waals surface area contributed by atoms with E-state index in [4.69, 9.17) is 5.73 Å². The van der Waals surface area contributed by atoms with E-state index in [1.807, 2.05) is 0 Å². The highest BCUT2D eigenvalue weighted by atomic mass is 16.1. The van der Waals surface area contributed by atoms with Gasteiger partial charge in [0.1, 0.15) is 11.6 Å². The van der Waals surface area contributed by atoms with Crippen molar-refractivity contribution in [2.45, 2.75) is 71.3 Å². The zero-order valence-electron chi connectivity index (χ0n) is 13.9. The maximum atomic E-state index is 12.4. The Balaban J connectivity index is 1.67. The predicted octanol–water partition coefficient (Wildman–Crippen LogP) is 3.10. The van der Waals surface area contributed by atoms with Gasteiger partial charge in [0.15, 0.2) is 0 Å². The van der Waals surface area contributed by atoms with E-state index in [2.05, 4.69) is 13.8 Å². The molecule has 0 aromatic rings. The molecule has 22 heavy (non-hydrogen) atoms. The molecule has 0 radical (unpaired) electrons. The maximum absolute atomic E-state index is 12.4. The Hall–Kier alpha value is -0.700. The van der Waals surface area contributed by atoms with Crippen LogP contribution in [0.25, 0.3) is 0 Å². The first-order valence-electron chi connectivity index (χ1n) is 9.19. The van der Waals surface area contributed by atoms with Gasteiger partial charge in [0.25, 0.3) is 0 Å². The minimum Gasteiger partial charge on any atom is -0.321 e. The van der Waals surface area contributed by atoms with Gasteiger partial charge in [0.2, 0.25) is 0 Å². The largest absolute Gasteiger partial charge is 0.321 e. The highest BCUT2D eigenvalue weighted by Crippen LogP contribution is 2.64. The van der Waals surface area contributed by atoms with E-state index in [1.165, 1.54) is 6.42 Å². The van der Waals surface area contributed by atoms with Crippen LogP contribution in [0.5, 0.6) is 0 Å². The fraction of sp³-hybridized carbons (Fsp3) is 0.895. The summed E-state index contributed by atoms with van der Waals surface area (Å²) in [4.78, 5) is 24.5. The van der Waals surface area contributed by atoms with Gasteiger partial charge in [0.05, 0.1) is 6.04 Å². The molecular weight excluding hydrogens is 274 g/mol. The Kier molecular flexibility index (Phi) is 3.15. The van der Waals surface area contributed by atoms with Gasteiger partial charge in [0, 0.05) is 18.3 Å². The average Bonchev–Trinajstić information content (AvgIpc) is 2.79. The zero-order chi connectivity index (χ0) is 15.7. The Morgan fingerprint density at radius 2 is 1.68 bits per heavy atom. The topological polar surface area (TPSA) is 60.2 Å². The summed E-state index contributed by atoms with van der Waals surface area (Å²) >= 11 is 0. The molecule has 2 unspecified atom stereocenters. The number of nitrogens with two attached hydrogens (primary N) is 1. The van der Waals surface area contributed by atoms with Gasteiger partial charge in [-0.2, -0.15) is 0 Å². The minimum absolute atomic E-state index is 0.0447. The highest BCUT2D eigenvalue weighted by molar-refractivity contribution is 5.87. The van der Waals surface area contributed by atoms with Gasteiger partial charge in [-0.25, -0.2) is 0 Å². The van der Waals surface area contributed by atoms with E-state index >= 15 is 0 Å². The van der Waals surface area contributed by atoms with Crippen molar-refractivity contribution < 1.29 is 9.59 Å². The molecule has 0 saturated heterocycles. The molecule has 122 valence electrons. The van der Waals surface area contributed by atoms with Gasteiger partial charge < -0.3 is 5.73 Å². The van der Waals surface area contributed by atoms with E-state index in [0.29, 0.717) is 35.9 Å². The van der Waals surface area contributed by atoms with Crippen molar-refractivity contribution in [3.05, 3.63) is 0 Å².